The first-order valence-electron chi connectivity index (χ1n) is 6.63. The summed E-state index contributed by atoms with van der Waals surface area (Å²) < 4.78 is 0. The third-order valence-electron chi connectivity index (χ3n) is 2.50. The molecule has 0 saturated heterocycles. The monoisotopic (exact) mass is 262 g/mol. The fourth-order valence-corrected chi connectivity index (χ4v) is 1.37. The normalized spacial score (nSPS) is 12.4. The van der Waals surface area contributed by atoms with E-state index in [1.807, 2.05) is 6.92 Å². The minimum atomic E-state index is -1.44. The summed E-state index contributed by atoms with van der Waals surface area (Å²) in [4.78, 5) is 11.4. The zero-order valence-electron chi connectivity index (χ0n) is 11.5. The molecule has 0 fully saturated rings. The van der Waals surface area contributed by atoms with Crippen molar-refractivity contribution < 1.29 is 15.0 Å². The molecule has 0 heterocycles. The molecule has 0 spiro atoms. The van der Waals surface area contributed by atoms with Crippen LogP contribution in [0.4, 0.5) is 0 Å². The fourth-order valence-electron chi connectivity index (χ4n) is 1.37. The summed E-state index contributed by atoms with van der Waals surface area (Å²) in [6, 6.07) is 0. The summed E-state index contributed by atoms with van der Waals surface area (Å²) in [5.41, 5.74) is 0. The topological polar surface area (TPSA) is 57.5 Å². The highest BCUT2D eigenvalue weighted by Crippen LogP contribution is 2.07. The molecule has 0 aromatic heterocycles. The Morgan fingerprint density at radius 1 is 1.32 bits per heavy atom. The molecule has 3 heteroatoms. The van der Waals surface area contributed by atoms with Crippen molar-refractivity contribution in [1.82, 2.24) is 0 Å². The predicted octanol–water partition coefficient (Wildman–Crippen LogP) is 1.83. The smallest absolute Gasteiger partial charge is 0.237 e. The van der Waals surface area contributed by atoms with Crippen molar-refractivity contribution in [3.05, 3.63) is 12.7 Å². The number of carbonyl (C=O) groups is 1. The second kappa shape index (κ2) is 11.5. The lowest BCUT2D eigenvalue weighted by atomic mass is 10.0. The Balaban J connectivity index is 4.10. The van der Waals surface area contributed by atoms with Gasteiger partial charge in [-0.1, -0.05) is 25.3 Å². The van der Waals surface area contributed by atoms with Crippen LogP contribution in [0.25, 0.3) is 0 Å². The second-order valence-electron chi connectivity index (χ2n) is 4.25. The van der Waals surface area contributed by atoms with Crippen LogP contribution in [0.15, 0.2) is 12.7 Å². The highest BCUT2D eigenvalue weighted by molar-refractivity contribution is 5.99. The molecule has 104 valence electrons. The highest BCUT2D eigenvalue weighted by atomic mass is 16.3. The largest absolute Gasteiger partial charge is 0.390 e. The molecule has 0 aliphatic heterocycles. The quantitative estimate of drug-likeness (QED) is 0.304. The van der Waals surface area contributed by atoms with Crippen LogP contribution in [-0.2, 0) is 4.79 Å². The van der Waals surface area contributed by atoms with E-state index < -0.39 is 18.0 Å². The molecule has 0 rings (SSSR count). The summed E-state index contributed by atoms with van der Waals surface area (Å²) >= 11 is 0. The molecule has 0 bridgehead atoms. The van der Waals surface area contributed by atoms with Crippen molar-refractivity contribution >= 4 is 5.78 Å². The Labute approximate surface area is 115 Å². The minimum absolute atomic E-state index is 0.379. The maximum atomic E-state index is 11.4. The maximum Gasteiger partial charge on any atom is 0.237 e. The third kappa shape index (κ3) is 9.08. The molecule has 2 unspecified atom stereocenters. The van der Waals surface area contributed by atoms with Gasteiger partial charge < -0.3 is 10.2 Å². The number of aliphatic hydroxyl groups is 2. The summed E-state index contributed by atoms with van der Waals surface area (Å²) in [5.74, 6) is 9.26. The Morgan fingerprint density at radius 3 is 2.68 bits per heavy atom. The molecule has 0 radical (unpaired) electrons. The molecular formula is C16H22O3. The minimum Gasteiger partial charge on any atom is -0.390 e. The average molecular weight is 262 g/mol. The molecule has 0 aliphatic rings. The highest BCUT2D eigenvalue weighted by Gasteiger charge is 2.21. The number of hydrogen-bond acceptors (Lipinski definition) is 3. The van der Waals surface area contributed by atoms with E-state index in [2.05, 4.69) is 30.3 Å². The van der Waals surface area contributed by atoms with Crippen LogP contribution >= 0.6 is 0 Å². The van der Waals surface area contributed by atoms with Crippen LogP contribution in [0.5, 0.6) is 0 Å². The van der Waals surface area contributed by atoms with E-state index in [0.717, 1.165) is 32.1 Å². The van der Waals surface area contributed by atoms with Crippen molar-refractivity contribution in [2.75, 3.05) is 0 Å². The van der Waals surface area contributed by atoms with Crippen LogP contribution in [0, 0.1) is 23.7 Å². The number of rotatable bonds is 8. The first kappa shape index (κ1) is 17.4. The van der Waals surface area contributed by atoms with Gasteiger partial charge in [-0.05, 0) is 43.4 Å². The first-order chi connectivity index (χ1) is 9.13. The van der Waals surface area contributed by atoms with Gasteiger partial charge in [0, 0.05) is 6.42 Å². The van der Waals surface area contributed by atoms with E-state index >= 15 is 0 Å². The number of allylic oxidation sites excluding steroid dienone is 1. The summed E-state index contributed by atoms with van der Waals surface area (Å²) in [7, 11) is 0. The third-order valence-corrected chi connectivity index (χ3v) is 2.50. The van der Waals surface area contributed by atoms with Gasteiger partial charge in [-0.2, -0.15) is 0 Å². The molecule has 0 amide bonds. The molecule has 3 nitrogen and oxygen atoms in total. The van der Waals surface area contributed by atoms with Crippen LogP contribution in [0.2, 0.25) is 0 Å². The van der Waals surface area contributed by atoms with Crippen molar-refractivity contribution in [1.29, 1.82) is 0 Å². The number of Topliss-reactive ketones (excluding diaryl/α,β-unsaturated/α-hetero) is 1. The van der Waals surface area contributed by atoms with Crippen molar-refractivity contribution in [3.8, 4) is 23.7 Å². The van der Waals surface area contributed by atoms with Crippen LogP contribution in [0.1, 0.15) is 45.4 Å². The summed E-state index contributed by atoms with van der Waals surface area (Å²) in [6.45, 7) is 5.60. The van der Waals surface area contributed by atoms with Gasteiger partial charge in [0.15, 0.2) is 6.10 Å². The van der Waals surface area contributed by atoms with Gasteiger partial charge in [0.05, 0.1) is 6.10 Å². The number of hydrogen-bond donors (Lipinski definition) is 2. The van der Waals surface area contributed by atoms with Crippen molar-refractivity contribution in [2.24, 2.45) is 0 Å². The number of carbonyl (C=O) groups excluding carboxylic acids is 1. The first-order valence-corrected chi connectivity index (χ1v) is 6.63. The number of unbranched alkanes of at least 4 members (excludes halogenated alkanes) is 3. The van der Waals surface area contributed by atoms with E-state index in [-0.39, 0.29) is 0 Å². The van der Waals surface area contributed by atoms with Crippen LogP contribution in [0.3, 0.4) is 0 Å². The Morgan fingerprint density at radius 2 is 2.05 bits per heavy atom. The van der Waals surface area contributed by atoms with Gasteiger partial charge in [0.2, 0.25) is 5.78 Å². The van der Waals surface area contributed by atoms with E-state index in [1.165, 1.54) is 0 Å². The molecule has 0 aliphatic carbocycles. The SMILES string of the molecule is C=CCCCCC(O)C(O)C(=O)C#CC#CCCC. The maximum absolute atomic E-state index is 11.4. The molecule has 0 aromatic rings. The van der Waals surface area contributed by atoms with E-state index in [1.54, 1.807) is 6.08 Å². The molecule has 0 saturated carbocycles. The van der Waals surface area contributed by atoms with Gasteiger partial charge in [-0.15, -0.1) is 6.58 Å². The molecule has 2 atom stereocenters. The second-order valence-corrected chi connectivity index (χ2v) is 4.25. The lowest BCUT2D eigenvalue weighted by molar-refractivity contribution is -0.127. The van der Waals surface area contributed by atoms with Crippen molar-refractivity contribution in [2.45, 2.75) is 57.7 Å². The van der Waals surface area contributed by atoms with Gasteiger partial charge in [-0.3, -0.25) is 4.79 Å². The van der Waals surface area contributed by atoms with Gasteiger partial charge >= 0.3 is 0 Å². The predicted molar refractivity (Wildman–Crippen MR) is 76.1 cm³/mol. The molecule has 2 N–H and O–H groups in total. The zero-order chi connectivity index (χ0) is 14.5. The number of aliphatic hydroxyl groups excluding tert-OH is 2. The van der Waals surface area contributed by atoms with E-state index in [9.17, 15) is 15.0 Å². The van der Waals surface area contributed by atoms with Crippen LogP contribution < -0.4 is 0 Å². The summed E-state index contributed by atoms with van der Waals surface area (Å²) in [5, 5.41) is 19.2. The Bertz CT molecular complexity index is 390. The van der Waals surface area contributed by atoms with E-state index in [4.69, 9.17) is 0 Å². The molecule has 19 heavy (non-hydrogen) atoms. The average Bonchev–Trinajstić information content (AvgIpc) is 2.42. The Kier molecular flexibility index (Phi) is 10.6. The Hall–Kier alpha value is -1.55. The van der Waals surface area contributed by atoms with Gasteiger partial charge in [-0.25, -0.2) is 0 Å². The lowest BCUT2D eigenvalue weighted by Gasteiger charge is -2.13. The zero-order valence-corrected chi connectivity index (χ0v) is 11.5. The molecule has 0 aromatic carbocycles. The summed E-state index contributed by atoms with van der Waals surface area (Å²) in [6.07, 6.45) is 3.84. The fraction of sp³-hybridized carbons (Fsp3) is 0.562. The van der Waals surface area contributed by atoms with Crippen LogP contribution in [-0.4, -0.2) is 28.2 Å². The van der Waals surface area contributed by atoms with E-state index in [0.29, 0.717) is 6.42 Å². The van der Waals surface area contributed by atoms with Gasteiger partial charge in [0.1, 0.15) is 0 Å². The molecular weight excluding hydrogens is 240 g/mol. The number of ketones is 1. The van der Waals surface area contributed by atoms with Gasteiger partial charge in [0.25, 0.3) is 0 Å². The lowest BCUT2D eigenvalue weighted by Crippen LogP contribution is -2.33. The standard InChI is InChI=1S/C16H22O3/c1-3-5-7-9-11-13-15(18)16(19)14(17)12-10-8-6-4-2/h4,14,16-17,19H,2-3,5-6,8,10,12H2,1H3. The van der Waals surface area contributed by atoms with Crippen molar-refractivity contribution in [3.63, 3.8) is 0 Å².